The van der Waals surface area contributed by atoms with E-state index in [1.807, 2.05) is 55.5 Å². The lowest BCUT2D eigenvalue weighted by Gasteiger charge is -2.34. The lowest BCUT2D eigenvalue weighted by molar-refractivity contribution is -0.126. The highest BCUT2D eigenvalue weighted by Gasteiger charge is 2.32. The first-order chi connectivity index (χ1) is 14.6. The van der Waals surface area contributed by atoms with Gasteiger partial charge >= 0.3 is 0 Å². The molecule has 6 nitrogen and oxygen atoms in total. The van der Waals surface area contributed by atoms with E-state index in [-0.39, 0.29) is 11.8 Å². The molecule has 1 aliphatic heterocycles. The van der Waals surface area contributed by atoms with Gasteiger partial charge in [0, 0.05) is 24.2 Å². The first-order valence-corrected chi connectivity index (χ1v) is 10.2. The Bertz CT molecular complexity index is 1010. The molecule has 1 aliphatic rings. The van der Waals surface area contributed by atoms with Gasteiger partial charge in [-0.1, -0.05) is 42.0 Å². The third kappa shape index (κ3) is 4.43. The van der Waals surface area contributed by atoms with Gasteiger partial charge in [-0.05, 0) is 43.9 Å². The van der Waals surface area contributed by atoms with Gasteiger partial charge < -0.3 is 14.6 Å². The number of likely N-dealkylation sites (tertiary alicyclic amines) is 1. The molecular weight excluding hydrogens is 378 g/mol. The second-order valence-corrected chi connectivity index (χ2v) is 7.66. The van der Waals surface area contributed by atoms with Crippen molar-refractivity contribution in [1.29, 1.82) is 0 Å². The van der Waals surface area contributed by atoms with E-state index in [4.69, 9.17) is 4.42 Å². The first-order valence-electron chi connectivity index (χ1n) is 10.2. The summed E-state index contributed by atoms with van der Waals surface area (Å²) in [6, 6.07) is 14.9. The van der Waals surface area contributed by atoms with Crippen LogP contribution in [0.15, 0.2) is 65.5 Å². The Morgan fingerprint density at radius 2 is 2.00 bits per heavy atom. The molecule has 4 rings (SSSR count). The summed E-state index contributed by atoms with van der Waals surface area (Å²) >= 11 is 0. The molecule has 1 N–H and O–H groups in total. The molecule has 3 aromatic rings. The van der Waals surface area contributed by atoms with E-state index in [9.17, 15) is 9.59 Å². The van der Waals surface area contributed by atoms with Crippen LogP contribution in [0, 0.1) is 6.92 Å². The van der Waals surface area contributed by atoms with Crippen molar-refractivity contribution in [3.8, 4) is 11.3 Å². The number of oxazole rings is 1. The Balaban J connectivity index is 1.40. The van der Waals surface area contributed by atoms with Crippen molar-refractivity contribution in [2.75, 3.05) is 6.54 Å². The summed E-state index contributed by atoms with van der Waals surface area (Å²) in [4.78, 5) is 31.6. The highest BCUT2D eigenvalue weighted by molar-refractivity contribution is 5.97. The molecule has 30 heavy (non-hydrogen) atoms. The van der Waals surface area contributed by atoms with Gasteiger partial charge in [-0.25, -0.2) is 4.98 Å². The minimum atomic E-state index is -0.430. The molecule has 1 atom stereocenters. The number of hydrogen-bond acceptors (Lipinski definition) is 4. The van der Waals surface area contributed by atoms with Gasteiger partial charge in [0.25, 0.3) is 5.91 Å². The Hall–Kier alpha value is -3.41. The molecule has 0 saturated carbocycles. The number of aromatic nitrogens is 1. The smallest absolute Gasteiger partial charge is 0.254 e. The van der Waals surface area contributed by atoms with Crippen molar-refractivity contribution >= 4 is 11.8 Å². The second kappa shape index (κ2) is 8.95. The van der Waals surface area contributed by atoms with Crippen LogP contribution in [0.2, 0.25) is 0 Å². The summed E-state index contributed by atoms with van der Waals surface area (Å²) in [7, 11) is 0. The topological polar surface area (TPSA) is 75.4 Å². The number of benzene rings is 2. The van der Waals surface area contributed by atoms with Gasteiger partial charge in [-0.15, -0.1) is 0 Å². The van der Waals surface area contributed by atoms with Crippen LogP contribution in [0.1, 0.15) is 40.7 Å². The predicted octanol–water partition coefficient (Wildman–Crippen LogP) is 3.96. The molecule has 0 radical (unpaired) electrons. The van der Waals surface area contributed by atoms with E-state index in [0.29, 0.717) is 30.8 Å². The molecule has 0 unspecified atom stereocenters. The first kappa shape index (κ1) is 19.9. The minimum Gasteiger partial charge on any atom is -0.444 e. The van der Waals surface area contributed by atoms with Crippen LogP contribution in [0.4, 0.5) is 0 Å². The second-order valence-electron chi connectivity index (χ2n) is 7.66. The Morgan fingerprint density at radius 3 is 2.73 bits per heavy atom. The van der Waals surface area contributed by atoms with Crippen LogP contribution in [-0.2, 0) is 11.3 Å². The quantitative estimate of drug-likeness (QED) is 0.700. The summed E-state index contributed by atoms with van der Waals surface area (Å²) in [6.07, 6.45) is 5.62. The predicted molar refractivity (Wildman–Crippen MR) is 114 cm³/mol. The van der Waals surface area contributed by atoms with Crippen LogP contribution >= 0.6 is 0 Å². The van der Waals surface area contributed by atoms with E-state index in [1.165, 1.54) is 6.39 Å². The molecule has 0 spiro atoms. The molecule has 1 fully saturated rings. The average molecular weight is 403 g/mol. The summed E-state index contributed by atoms with van der Waals surface area (Å²) in [6.45, 7) is 2.99. The fraction of sp³-hybridized carbons (Fsp3) is 0.292. The highest BCUT2D eigenvalue weighted by atomic mass is 16.3. The third-order valence-electron chi connectivity index (χ3n) is 5.47. The summed E-state index contributed by atoms with van der Waals surface area (Å²) < 4.78 is 5.30. The van der Waals surface area contributed by atoms with Gasteiger partial charge in [-0.2, -0.15) is 0 Å². The zero-order valence-corrected chi connectivity index (χ0v) is 17.0. The number of hydrogen-bond donors (Lipinski definition) is 1. The number of nitrogens with zero attached hydrogens (tertiary/aromatic N) is 2. The van der Waals surface area contributed by atoms with Crippen LogP contribution in [0.5, 0.6) is 0 Å². The molecule has 2 amide bonds. The Labute approximate surface area is 175 Å². The molecule has 1 saturated heterocycles. The van der Waals surface area contributed by atoms with Crippen molar-refractivity contribution in [3.05, 3.63) is 77.8 Å². The molecule has 1 aromatic heterocycles. The standard InChI is InChI=1S/C24H25N3O3/c1-17-5-4-6-20(13-17)24(29)27-12-3-2-7-21(27)23(28)26-14-18-8-10-19(11-9-18)22-15-25-16-30-22/h4-6,8-11,13,15-16,21H,2-3,7,12,14H2,1H3,(H,26,28)/t21-/m0/s1. The van der Waals surface area contributed by atoms with E-state index < -0.39 is 6.04 Å². The van der Waals surface area contributed by atoms with Gasteiger partial charge in [0.05, 0.1) is 6.20 Å². The number of piperidine rings is 1. The van der Waals surface area contributed by atoms with E-state index in [1.54, 1.807) is 11.1 Å². The van der Waals surface area contributed by atoms with Gasteiger partial charge in [-0.3, -0.25) is 9.59 Å². The maximum Gasteiger partial charge on any atom is 0.254 e. The number of aryl methyl sites for hydroxylation is 1. The Morgan fingerprint density at radius 1 is 1.17 bits per heavy atom. The van der Waals surface area contributed by atoms with E-state index in [0.717, 1.165) is 29.5 Å². The van der Waals surface area contributed by atoms with Gasteiger partial charge in [0.2, 0.25) is 5.91 Å². The third-order valence-corrected chi connectivity index (χ3v) is 5.47. The number of amides is 2. The van der Waals surface area contributed by atoms with E-state index >= 15 is 0 Å². The molecule has 6 heteroatoms. The molecule has 0 aliphatic carbocycles. The minimum absolute atomic E-state index is 0.0741. The van der Waals surface area contributed by atoms with E-state index in [2.05, 4.69) is 10.3 Å². The van der Waals surface area contributed by atoms with Crippen LogP contribution in [0.25, 0.3) is 11.3 Å². The van der Waals surface area contributed by atoms with Crippen LogP contribution in [-0.4, -0.2) is 34.3 Å². The summed E-state index contributed by atoms with van der Waals surface area (Å²) in [5.41, 5.74) is 3.59. The average Bonchev–Trinajstić information content (AvgIpc) is 3.32. The zero-order chi connectivity index (χ0) is 20.9. The summed E-state index contributed by atoms with van der Waals surface area (Å²) in [5.74, 6) is 0.531. The normalized spacial score (nSPS) is 16.3. The molecule has 0 bridgehead atoms. The lowest BCUT2D eigenvalue weighted by Crippen LogP contribution is -2.51. The van der Waals surface area contributed by atoms with Crippen LogP contribution < -0.4 is 5.32 Å². The molecule has 154 valence electrons. The number of nitrogens with one attached hydrogen (secondary N) is 1. The molecular formula is C24H25N3O3. The Kier molecular flexibility index (Phi) is 5.93. The highest BCUT2D eigenvalue weighted by Crippen LogP contribution is 2.21. The summed E-state index contributed by atoms with van der Waals surface area (Å²) in [5, 5.41) is 3.00. The van der Waals surface area contributed by atoms with Crippen molar-refractivity contribution in [2.24, 2.45) is 0 Å². The number of rotatable bonds is 5. The number of carbonyl (C=O) groups excluding carboxylic acids is 2. The molecule has 2 heterocycles. The van der Waals surface area contributed by atoms with Crippen LogP contribution in [0.3, 0.4) is 0 Å². The van der Waals surface area contributed by atoms with Crippen molar-refractivity contribution in [1.82, 2.24) is 15.2 Å². The fourth-order valence-electron chi connectivity index (χ4n) is 3.84. The lowest BCUT2D eigenvalue weighted by atomic mass is 9.99. The van der Waals surface area contributed by atoms with Crippen molar-refractivity contribution in [2.45, 2.75) is 38.8 Å². The maximum atomic E-state index is 13.0. The van der Waals surface area contributed by atoms with Crippen molar-refractivity contribution in [3.63, 3.8) is 0 Å². The van der Waals surface area contributed by atoms with Gasteiger partial charge in [0.1, 0.15) is 6.04 Å². The SMILES string of the molecule is Cc1cccc(C(=O)N2CCCC[C@H]2C(=O)NCc2ccc(-c3cnco3)cc2)c1. The largest absolute Gasteiger partial charge is 0.444 e. The van der Waals surface area contributed by atoms with Gasteiger partial charge in [0.15, 0.2) is 12.2 Å². The monoisotopic (exact) mass is 403 g/mol. The molecule has 2 aromatic carbocycles. The maximum absolute atomic E-state index is 13.0. The van der Waals surface area contributed by atoms with Crippen molar-refractivity contribution < 1.29 is 14.0 Å². The zero-order valence-electron chi connectivity index (χ0n) is 17.0. The fourth-order valence-corrected chi connectivity index (χ4v) is 3.84. The number of carbonyl (C=O) groups is 2.